The first kappa shape index (κ1) is 23.1. The molecule has 0 spiro atoms. The third-order valence-corrected chi connectivity index (χ3v) is 6.65. The number of nitrogens with one attached hydrogen (secondary N) is 1. The maximum Gasteiger partial charge on any atom is 0.257 e. The zero-order chi connectivity index (χ0) is 21.9. The van der Waals surface area contributed by atoms with Crippen LogP contribution in [0.25, 0.3) is 0 Å². The van der Waals surface area contributed by atoms with Gasteiger partial charge in [-0.15, -0.1) is 0 Å². The molecule has 2 aromatic rings. The third kappa shape index (κ3) is 4.85. The maximum absolute atomic E-state index is 13.5. The Morgan fingerprint density at radius 2 is 1.66 bits per heavy atom. The van der Waals surface area contributed by atoms with E-state index in [0.29, 0.717) is 30.9 Å². The van der Waals surface area contributed by atoms with Crippen LogP contribution in [0, 0.1) is 11.6 Å². The molecule has 0 aliphatic carbocycles. The van der Waals surface area contributed by atoms with E-state index in [0.717, 1.165) is 0 Å². The molecule has 158 valence electrons. The van der Waals surface area contributed by atoms with Crippen LogP contribution in [0.15, 0.2) is 35.2 Å². The first-order chi connectivity index (χ1) is 13.5. The summed E-state index contributed by atoms with van der Waals surface area (Å²) >= 11 is 5.87. The van der Waals surface area contributed by atoms with E-state index in [-0.39, 0.29) is 21.2 Å². The smallest absolute Gasteiger partial charge is 0.257 e. The number of anilines is 2. The van der Waals surface area contributed by atoms with Crippen LogP contribution >= 0.6 is 11.6 Å². The fourth-order valence-corrected chi connectivity index (χ4v) is 4.49. The van der Waals surface area contributed by atoms with Gasteiger partial charge in [0.25, 0.3) is 5.91 Å². The van der Waals surface area contributed by atoms with Gasteiger partial charge in [0.1, 0.15) is 0 Å². The summed E-state index contributed by atoms with van der Waals surface area (Å²) in [6.45, 7) is 4.03. The minimum Gasteiger partial charge on any atom is -0.376 e. The van der Waals surface area contributed by atoms with Crippen LogP contribution in [-0.4, -0.2) is 45.8 Å². The van der Waals surface area contributed by atoms with Crippen molar-refractivity contribution < 1.29 is 22.0 Å². The molecule has 0 unspecified atom stereocenters. The number of hydrogen-bond acceptors (Lipinski definition) is 4. The fourth-order valence-electron chi connectivity index (χ4n) is 2.76. The predicted octanol–water partition coefficient (Wildman–Crippen LogP) is 3.97. The van der Waals surface area contributed by atoms with E-state index in [2.05, 4.69) is 5.32 Å². The van der Waals surface area contributed by atoms with E-state index in [1.54, 1.807) is 38.9 Å². The molecule has 2 aromatic carbocycles. The van der Waals surface area contributed by atoms with Crippen LogP contribution in [0.5, 0.6) is 0 Å². The summed E-state index contributed by atoms with van der Waals surface area (Å²) in [6, 6.07) is 5.73. The number of carbonyl (C=O) groups excluding carboxylic acids is 1. The molecule has 0 bridgehead atoms. The van der Waals surface area contributed by atoms with Gasteiger partial charge in [-0.05, 0) is 30.3 Å². The van der Waals surface area contributed by atoms with Crippen molar-refractivity contribution in [1.29, 1.82) is 0 Å². The third-order valence-electron chi connectivity index (χ3n) is 4.30. The molecule has 0 atom stereocenters. The first-order valence-corrected chi connectivity index (χ1v) is 10.6. The summed E-state index contributed by atoms with van der Waals surface area (Å²) in [4.78, 5) is 14.3. The highest BCUT2D eigenvalue weighted by Crippen LogP contribution is 2.30. The quantitative estimate of drug-likeness (QED) is 0.655. The molecule has 2 rings (SSSR count). The normalized spacial score (nSPS) is 11.6. The van der Waals surface area contributed by atoms with E-state index in [4.69, 9.17) is 11.6 Å². The second-order valence-electron chi connectivity index (χ2n) is 6.36. The van der Waals surface area contributed by atoms with Gasteiger partial charge in [-0.25, -0.2) is 17.2 Å². The van der Waals surface area contributed by atoms with Gasteiger partial charge in [0.15, 0.2) is 11.6 Å². The van der Waals surface area contributed by atoms with E-state index >= 15 is 0 Å². The topological polar surface area (TPSA) is 69.7 Å². The molecule has 0 aromatic heterocycles. The van der Waals surface area contributed by atoms with Gasteiger partial charge in [-0.1, -0.05) is 25.4 Å². The second-order valence-corrected chi connectivity index (χ2v) is 8.71. The zero-order valence-corrected chi connectivity index (χ0v) is 18.0. The number of rotatable bonds is 7. The molecule has 0 saturated heterocycles. The summed E-state index contributed by atoms with van der Waals surface area (Å²) in [6.07, 6.45) is 0. The van der Waals surface area contributed by atoms with Crippen molar-refractivity contribution in [3.05, 3.63) is 52.6 Å². The molecular formula is C19H22ClF2N3O3S. The summed E-state index contributed by atoms with van der Waals surface area (Å²) in [5, 5.41) is 2.28. The van der Waals surface area contributed by atoms with Gasteiger partial charge in [0, 0.05) is 27.2 Å². The molecule has 1 N–H and O–H groups in total. The van der Waals surface area contributed by atoms with Crippen LogP contribution in [-0.2, 0) is 10.0 Å². The van der Waals surface area contributed by atoms with Crippen molar-refractivity contribution in [2.45, 2.75) is 18.7 Å². The Kier molecular flexibility index (Phi) is 7.20. The Labute approximate surface area is 174 Å². The molecule has 10 heteroatoms. The lowest BCUT2D eigenvalue weighted by molar-refractivity contribution is 0.102. The van der Waals surface area contributed by atoms with Crippen LogP contribution in [0.3, 0.4) is 0 Å². The van der Waals surface area contributed by atoms with E-state index < -0.39 is 27.6 Å². The number of nitrogens with zero attached hydrogens (tertiary/aromatic N) is 2. The molecule has 0 aliphatic heterocycles. The molecule has 0 aliphatic rings. The van der Waals surface area contributed by atoms with Crippen molar-refractivity contribution in [1.82, 2.24) is 4.31 Å². The predicted molar refractivity (Wildman–Crippen MR) is 110 cm³/mol. The average molecular weight is 446 g/mol. The van der Waals surface area contributed by atoms with Gasteiger partial charge in [0.2, 0.25) is 10.0 Å². The summed E-state index contributed by atoms with van der Waals surface area (Å²) in [7, 11) is -0.327. The highest BCUT2D eigenvalue weighted by Gasteiger charge is 2.24. The molecule has 0 radical (unpaired) electrons. The number of halogens is 3. The Morgan fingerprint density at radius 1 is 1.07 bits per heavy atom. The Hall–Kier alpha value is -2.23. The minimum absolute atomic E-state index is 0.00140. The van der Waals surface area contributed by atoms with Crippen LogP contribution in [0.2, 0.25) is 5.02 Å². The number of hydrogen-bond donors (Lipinski definition) is 1. The lowest BCUT2D eigenvalue weighted by Gasteiger charge is -2.22. The van der Waals surface area contributed by atoms with Crippen LogP contribution < -0.4 is 10.2 Å². The largest absolute Gasteiger partial charge is 0.376 e. The highest BCUT2D eigenvalue weighted by molar-refractivity contribution is 7.89. The van der Waals surface area contributed by atoms with Crippen molar-refractivity contribution in [2.75, 3.05) is 37.4 Å². The number of carbonyl (C=O) groups is 1. The summed E-state index contributed by atoms with van der Waals surface area (Å²) in [5.41, 5.74) is 0.442. The summed E-state index contributed by atoms with van der Waals surface area (Å²) < 4.78 is 53.7. The lowest BCUT2D eigenvalue weighted by atomic mass is 10.2. The minimum atomic E-state index is -3.76. The van der Waals surface area contributed by atoms with Gasteiger partial charge in [-0.2, -0.15) is 4.31 Å². The van der Waals surface area contributed by atoms with E-state index in [9.17, 15) is 22.0 Å². The van der Waals surface area contributed by atoms with Gasteiger partial charge in [-0.3, -0.25) is 4.79 Å². The van der Waals surface area contributed by atoms with Crippen molar-refractivity contribution >= 4 is 38.9 Å². The fraction of sp³-hybridized carbons (Fsp3) is 0.316. The summed E-state index contributed by atoms with van der Waals surface area (Å²) in [5.74, 6) is -3.19. The standard InChI is InChI=1S/C19H22ClF2N3O3S/c1-5-25(6-2)29(27,28)12-7-8-18(24(3)4)17(9-12)23-19(26)13-10-15(21)16(22)11-14(13)20/h7-11H,5-6H2,1-4H3,(H,23,26). The second kappa shape index (κ2) is 9.06. The molecule has 1 amide bonds. The number of sulfonamides is 1. The Morgan fingerprint density at radius 3 is 2.21 bits per heavy atom. The monoisotopic (exact) mass is 445 g/mol. The molecular weight excluding hydrogens is 424 g/mol. The number of amides is 1. The molecule has 0 saturated carbocycles. The highest BCUT2D eigenvalue weighted by atomic mass is 35.5. The van der Waals surface area contributed by atoms with Gasteiger partial charge < -0.3 is 10.2 Å². The van der Waals surface area contributed by atoms with E-state index in [1.165, 1.54) is 16.4 Å². The van der Waals surface area contributed by atoms with Crippen LogP contribution in [0.1, 0.15) is 24.2 Å². The molecule has 0 heterocycles. The van der Waals surface area contributed by atoms with E-state index in [1.807, 2.05) is 0 Å². The SMILES string of the molecule is CCN(CC)S(=O)(=O)c1ccc(N(C)C)c(NC(=O)c2cc(F)c(F)cc2Cl)c1. The number of benzene rings is 2. The molecule has 29 heavy (non-hydrogen) atoms. The van der Waals surface area contributed by atoms with Gasteiger partial charge in [0.05, 0.1) is 26.9 Å². The Balaban J connectivity index is 2.51. The lowest BCUT2D eigenvalue weighted by Crippen LogP contribution is -2.30. The van der Waals surface area contributed by atoms with Crippen molar-refractivity contribution in [2.24, 2.45) is 0 Å². The first-order valence-electron chi connectivity index (χ1n) is 8.80. The average Bonchev–Trinajstić information content (AvgIpc) is 2.65. The van der Waals surface area contributed by atoms with Crippen molar-refractivity contribution in [3.8, 4) is 0 Å². The molecule has 6 nitrogen and oxygen atoms in total. The maximum atomic E-state index is 13.5. The molecule has 0 fully saturated rings. The van der Waals surface area contributed by atoms with Gasteiger partial charge >= 0.3 is 0 Å². The zero-order valence-electron chi connectivity index (χ0n) is 16.5. The van der Waals surface area contributed by atoms with Crippen molar-refractivity contribution in [3.63, 3.8) is 0 Å². The van der Waals surface area contributed by atoms with Crippen LogP contribution in [0.4, 0.5) is 20.2 Å². The Bertz CT molecular complexity index is 1030.